The summed E-state index contributed by atoms with van der Waals surface area (Å²) in [5, 5.41) is 16.6. The molecule has 0 unspecified atom stereocenters. The standard InChI is InChI=1S/C30H26Cl2N2O4/c1-2-37-27-18-22(17-26(32)28(27)38-20-21-13-15-25(31)16-14-21)19-33-34-29(35)30(36,23-9-5-3-6-10-23)24-11-7-4-8-12-24/h3-19,36H,2,20H2,1H3,(H,34,35)/b33-19-. The fraction of sp³-hybridized carbons (Fsp3) is 0.133. The van der Waals surface area contributed by atoms with Gasteiger partial charge in [0.15, 0.2) is 17.1 Å². The first-order valence-corrected chi connectivity index (χ1v) is 12.7. The van der Waals surface area contributed by atoms with E-state index in [1.807, 2.05) is 31.2 Å². The third-order valence-electron chi connectivity index (χ3n) is 5.72. The van der Waals surface area contributed by atoms with Gasteiger partial charge >= 0.3 is 0 Å². The number of nitrogens with one attached hydrogen (secondary N) is 1. The zero-order chi connectivity index (χ0) is 27.0. The Morgan fingerprint density at radius 3 is 2.11 bits per heavy atom. The number of benzene rings is 4. The van der Waals surface area contributed by atoms with E-state index in [-0.39, 0.29) is 6.61 Å². The molecular formula is C30H26Cl2N2O4. The van der Waals surface area contributed by atoms with Gasteiger partial charge in [-0.1, -0.05) is 96.0 Å². The molecule has 0 bridgehead atoms. The van der Waals surface area contributed by atoms with Gasteiger partial charge in [0.05, 0.1) is 17.8 Å². The normalized spacial score (nSPS) is 11.4. The lowest BCUT2D eigenvalue weighted by molar-refractivity contribution is -0.136. The Labute approximate surface area is 231 Å². The van der Waals surface area contributed by atoms with Crippen molar-refractivity contribution < 1.29 is 19.4 Å². The van der Waals surface area contributed by atoms with Crippen LogP contribution in [0.5, 0.6) is 11.5 Å². The Balaban J connectivity index is 1.53. The lowest BCUT2D eigenvalue weighted by Gasteiger charge is -2.27. The predicted molar refractivity (Wildman–Crippen MR) is 150 cm³/mol. The molecule has 0 radical (unpaired) electrons. The van der Waals surface area contributed by atoms with Crippen molar-refractivity contribution >= 4 is 35.3 Å². The first kappa shape index (κ1) is 27.2. The van der Waals surface area contributed by atoms with Crippen molar-refractivity contribution in [1.29, 1.82) is 0 Å². The number of hydrazone groups is 1. The minimum Gasteiger partial charge on any atom is -0.490 e. The highest BCUT2D eigenvalue weighted by atomic mass is 35.5. The highest BCUT2D eigenvalue weighted by Crippen LogP contribution is 2.37. The number of aliphatic hydroxyl groups is 1. The number of nitrogens with zero attached hydrogens (tertiary/aromatic N) is 1. The average molecular weight is 549 g/mol. The minimum absolute atomic E-state index is 0.276. The van der Waals surface area contributed by atoms with Crippen LogP contribution in [-0.2, 0) is 17.0 Å². The SMILES string of the molecule is CCOc1cc(/C=N\NC(=O)C(O)(c2ccccc2)c2ccccc2)cc(Cl)c1OCc1ccc(Cl)cc1. The summed E-state index contributed by atoms with van der Waals surface area (Å²) in [6.45, 7) is 2.52. The highest BCUT2D eigenvalue weighted by Gasteiger charge is 2.39. The van der Waals surface area contributed by atoms with Crippen LogP contribution in [0.4, 0.5) is 0 Å². The number of hydrogen-bond acceptors (Lipinski definition) is 5. The van der Waals surface area contributed by atoms with E-state index in [9.17, 15) is 9.90 Å². The maximum atomic E-state index is 13.2. The van der Waals surface area contributed by atoms with Crippen LogP contribution in [0.2, 0.25) is 10.0 Å². The van der Waals surface area contributed by atoms with Crippen LogP contribution in [0.25, 0.3) is 0 Å². The predicted octanol–water partition coefficient (Wildman–Crippen LogP) is 6.36. The lowest BCUT2D eigenvalue weighted by atomic mass is 9.85. The van der Waals surface area contributed by atoms with Gasteiger partial charge in [0.1, 0.15) is 6.61 Å². The maximum Gasteiger partial charge on any atom is 0.281 e. The number of amides is 1. The Morgan fingerprint density at radius 1 is 0.921 bits per heavy atom. The van der Waals surface area contributed by atoms with Gasteiger partial charge in [0.2, 0.25) is 0 Å². The second kappa shape index (κ2) is 12.6. The number of carbonyl (C=O) groups excluding carboxylic acids is 1. The second-order valence-electron chi connectivity index (χ2n) is 8.32. The van der Waals surface area contributed by atoms with Gasteiger partial charge in [0, 0.05) is 5.02 Å². The van der Waals surface area contributed by atoms with E-state index in [4.69, 9.17) is 32.7 Å². The van der Waals surface area contributed by atoms with Crippen molar-refractivity contribution in [2.45, 2.75) is 19.1 Å². The summed E-state index contributed by atoms with van der Waals surface area (Å²) >= 11 is 12.5. The summed E-state index contributed by atoms with van der Waals surface area (Å²) in [5.74, 6) is 0.129. The summed E-state index contributed by atoms with van der Waals surface area (Å²) < 4.78 is 11.7. The molecule has 4 aromatic carbocycles. The molecule has 0 saturated heterocycles. The average Bonchev–Trinajstić information content (AvgIpc) is 2.94. The zero-order valence-electron chi connectivity index (χ0n) is 20.6. The zero-order valence-corrected chi connectivity index (χ0v) is 22.1. The lowest BCUT2D eigenvalue weighted by Crippen LogP contribution is -2.43. The van der Waals surface area contributed by atoms with Crippen LogP contribution < -0.4 is 14.9 Å². The monoisotopic (exact) mass is 548 g/mol. The first-order valence-electron chi connectivity index (χ1n) is 11.9. The molecule has 0 spiro atoms. The van der Waals surface area contributed by atoms with Gasteiger partial charge in [-0.2, -0.15) is 5.10 Å². The van der Waals surface area contributed by atoms with Crippen molar-refractivity contribution in [3.8, 4) is 11.5 Å². The molecule has 0 saturated carbocycles. The smallest absolute Gasteiger partial charge is 0.281 e. The number of rotatable bonds is 10. The topological polar surface area (TPSA) is 80.2 Å². The summed E-state index contributed by atoms with van der Waals surface area (Å²) in [6, 6.07) is 28.1. The molecule has 8 heteroatoms. The number of hydrogen-bond donors (Lipinski definition) is 2. The summed E-state index contributed by atoms with van der Waals surface area (Å²) in [7, 11) is 0. The van der Waals surface area contributed by atoms with Gasteiger partial charge in [-0.15, -0.1) is 0 Å². The highest BCUT2D eigenvalue weighted by molar-refractivity contribution is 6.32. The molecule has 0 aliphatic rings. The first-order chi connectivity index (χ1) is 18.4. The van der Waals surface area contributed by atoms with Crippen LogP contribution >= 0.6 is 23.2 Å². The molecule has 38 heavy (non-hydrogen) atoms. The fourth-order valence-electron chi connectivity index (χ4n) is 3.84. The molecule has 1 amide bonds. The molecular weight excluding hydrogens is 523 g/mol. The maximum absolute atomic E-state index is 13.2. The number of ether oxygens (including phenoxy) is 2. The quantitative estimate of drug-likeness (QED) is 0.178. The molecule has 0 fully saturated rings. The molecule has 0 atom stereocenters. The van der Waals surface area contributed by atoms with Crippen molar-refractivity contribution in [2.75, 3.05) is 6.61 Å². The van der Waals surface area contributed by atoms with Gasteiger partial charge in [0.25, 0.3) is 5.91 Å². The van der Waals surface area contributed by atoms with Gasteiger partial charge in [-0.25, -0.2) is 5.43 Å². The third-order valence-corrected chi connectivity index (χ3v) is 6.25. The molecule has 0 aliphatic heterocycles. The van der Waals surface area contributed by atoms with E-state index in [1.54, 1.807) is 72.8 Å². The molecule has 4 rings (SSSR count). The Kier molecular flexibility index (Phi) is 9.02. The van der Waals surface area contributed by atoms with Crippen molar-refractivity contribution in [3.63, 3.8) is 0 Å². The molecule has 0 heterocycles. The Bertz CT molecular complexity index is 1360. The van der Waals surface area contributed by atoms with E-state index in [2.05, 4.69) is 10.5 Å². The molecule has 0 aliphatic carbocycles. The molecule has 0 aromatic heterocycles. The van der Waals surface area contributed by atoms with E-state index in [1.165, 1.54) is 6.21 Å². The van der Waals surface area contributed by atoms with Crippen molar-refractivity contribution in [3.05, 3.63) is 129 Å². The van der Waals surface area contributed by atoms with Crippen LogP contribution in [0, 0.1) is 0 Å². The van der Waals surface area contributed by atoms with Crippen LogP contribution in [0.1, 0.15) is 29.2 Å². The second-order valence-corrected chi connectivity index (χ2v) is 9.16. The van der Waals surface area contributed by atoms with E-state index < -0.39 is 11.5 Å². The van der Waals surface area contributed by atoms with Crippen LogP contribution in [-0.4, -0.2) is 23.8 Å². The van der Waals surface area contributed by atoms with Gasteiger partial charge in [-0.05, 0) is 53.4 Å². The van der Waals surface area contributed by atoms with Crippen molar-refractivity contribution in [2.24, 2.45) is 5.10 Å². The minimum atomic E-state index is -1.94. The largest absolute Gasteiger partial charge is 0.490 e. The summed E-state index contributed by atoms with van der Waals surface area (Å²) in [5.41, 5.74) is 2.85. The van der Waals surface area contributed by atoms with Gasteiger partial charge < -0.3 is 14.6 Å². The van der Waals surface area contributed by atoms with E-state index >= 15 is 0 Å². The molecule has 2 N–H and O–H groups in total. The Morgan fingerprint density at radius 2 is 1.53 bits per heavy atom. The Hall–Kier alpha value is -3.84. The third kappa shape index (κ3) is 6.34. The van der Waals surface area contributed by atoms with E-state index in [0.717, 1.165) is 5.56 Å². The van der Waals surface area contributed by atoms with E-state index in [0.29, 0.717) is 44.8 Å². The van der Waals surface area contributed by atoms with Crippen molar-refractivity contribution in [1.82, 2.24) is 5.43 Å². The molecule has 6 nitrogen and oxygen atoms in total. The van der Waals surface area contributed by atoms with Crippen LogP contribution in [0.15, 0.2) is 102 Å². The molecule has 4 aromatic rings. The number of halogens is 2. The molecule has 194 valence electrons. The fourth-order valence-corrected chi connectivity index (χ4v) is 4.24. The summed E-state index contributed by atoms with van der Waals surface area (Å²) in [6.07, 6.45) is 1.42. The van der Waals surface area contributed by atoms with Gasteiger partial charge in [-0.3, -0.25) is 4.79 Å². The van der Waals surface area contributed by atoms with Crippen LogP contribution in [0.3, 0.4) is 0 Å². The summed E-state index contributed by atoms with van der Waals surface area (Å²) in [4.78, 5) is 13.2. The number of carbonyl (C=O) groups is 1.